The molecule has 0 aromatic carbocycles. The van der Waals surface area contributed by atoms with Crippen LogP contribution >= 0.6 is 0 Å². The van der Waals surface area contributed by atoms with Crippen molar-refractivity contribution in [1.82, 2.24) is 0 Å². The minimum Gasteiger partial charge on any atom is -0.299 e. The summed E-state index contributed by atoms with van der Waals surface area (Å²) in [6.07, 6.45) is 6.06. The molecule has 0 aromatic rings. The normalized spacial score (nSPS) is 51.9. The van der Waals surface area contributed by atoms with E-state index < -0.39 is 0 Å². The molecule has 0 bridgehead atoms. The van der Waals surface area contributed by atoms with E-state index in [0.29, 0.717) is 22.5 Å². The third-order valence-electron chi connectivity index (χ3n) is 5.65. The zero-order chi connectivity index (χ0) is 10.8. The number of hydrogen-bond acceptors (Lipinski definition) is 1. The molecule has 15 heavy (non-hydrogen) atoms. The molecule has 1 nitrogen and oxygen atoms in total. The van der Waals surface area contributed by atoms with Crippen molar-refractivity contribution < 1.29 is 4.79 Å². The Morgan fingerprint density at radius 2 is 2.00 bits per heavy atom. The van der Waals surface area contributed by atoms with Crippen molar-refractivity contribution >= 4 is 5.78 Å². The lowest BCUT2D eigenvalue weighted by Gasteiger charge is -2.34. The minimum absolute atomic E-state index is 0.414. The summed E-state index contributed by atoms with van der Waals surface area (Å²) < 4.78 is 0. The highest BCUT2D eigenvalue weighted by atomic mass is 16.1. The summed E-state index contributed by atoms with van der Waals surface area (Å²) in [5, 5.41) is 0. The lowest BCUT2D eigenvalue weighted by Crippen LogP contribution is -2.30. The number of rotatable bonds is 0. The van der Waals surface area contributed by atoms with Crippen LogP contribution in [-0.2, 0) is 4.79 Å². The predicted octanol–water partition coefficient (Wildman–Crippen LogP) is 3.43. The predicted molar refractivity (Wildman–Crippen MR) is 60.5 cm³/mol. The average molecular weight is 206 g/mol. The first-order valence-electron chi connectivity index (χ1n) is 6.48. The molecule has 3 aliphatic rings. The van der Waals surface area contributed by atoms with E-state index in [9.17, 15) is 4.79 Å². The second kappa shape index (κ2) is 2.67. The Morgan fingerprint density at radius 1 is 1.27 bits per heavy atom. The fraction of sp³-hybridized carbons (Fsp3) is 0.929. The van der Waals surface area contributed by atoms with E-state index in [1.165, 1.54) is 19.3 Å². The SMILES string of the molecule is C[C@@H]1CC[C@H]2CC(=O)[C@@H]3CC(C)(C)C[C@@]213. The number of ketones is 1. The van der Waals surface area contributed by atoms with Crippen LogP contribution in [0.15, 0.2) is 0 Å². The van der Waals surface area contributed by atoms with Gasteiger partial charge in [-0.15, -0.1) is 0 Å². The number of carbonyl (C=O) groups is 1. The van der Waals surface area contributed by atoms with Crippen LogP contribution in [0.4, 0.5) is 0 Å². The van der Waals surface area contributed by atoms with Crippen LogP contribution in [0, 0.1) is 28.6 Å². The molecule has 0 radical (unpaired) electrons. The Labute approximate surface area is 92.6 Å². The quantitative estimate of drug-likeness (QED) is 0.593. The Kier molecular flexibility index (Phi) is 1.76. The minimum atomic E-state index is 0.414. The summed E-state index contributed by atoms with van der Waals surface area (Å²) in [6, 6.07) is 0. The van der Waals surface area contributed by atoms with Crippen LogP contribution in [0.1, 0.15) is 52.9 Å². The van der Waals surface area contributed by atoms with Crippen molar-refractivity contribution in [1.29, 1.82) is 0 Å². The lowest BCUT2D eigenvalue weighted by atomic mass is 9.69. The van der Waals surface area contributed by atoms with Gasteiger partial charge in [0.1, 0.15) is 5.78 Å². The van der Waals surface area contributed by atoms with Crippen LogP contribution in [-0.4, -0.2) is 5.78 Å². The third-order valence-corrected chi connectivity index (χ3v) is 5.65. The first-order chi connectivity index (χ1) is 6.96. The number of carbonyl (C=O) groups excluding carboxylic acids is 1. The van der Waals surface area contributed by atoms with Gasteiger partial charge in [-0.2, -0.15) is 0 Å². The Hall–Kier alpha value is -0.330. The molecule has 84 valence electrons. The summed E-state index contributed by atoms with van der Waals surface area (Å²) in [7, 11) is 0. The van der Waals surface area contributed by atoms with E-state index >= 15 is 0 Å². The van der Waals surface area contributed by atoms with Crippen molar-refractivity contribution in [2.24, 2.45) is 28.6 Å². The van der Waals surface area contributed by atoms with E-state index in [2.05, 4.69) is 20.8 Å². The molecule has 0 unspecified atom stereocenters. The second-order valence-electron chi connectivity index (χ2n) is 7.06. The summed E-state index contributed by atoms with van der Waals surface area (Å²) in [6.45, 7) is 7.11. The van der Waals surface area contributed by atoms with Crippen LogP contribution in [0.25, 0.3) is 0 Å². The maximum absolute atomic E-state index is 12.1. The largest absolute Gasteiger partial charge is 0.299 e. The molecular weight excluding hydrogens is 184 g/mol. The van der Waals surface area contributed by atoms with Crippen LogP contribution < -0.4 is 0 Å². The van der Waals surface area contributed by atoms with Crippen molar-refractivity contribution in [2.45, 2.75) is 52.9 Å². The van der Waals surface area contributed by atoms with Crippen LogP contribution in [0.3, 0.4) is 0 Å². The summed E-state index contributed by atoms with van der Waals surface area (Å²) in [4.78, 5) is 12.1. The van der Waals surface area contributed by atoms with Crippen molar-refractivity contribution in [2.75, 3.05) is 0 Å². The van der Waals surface area contributed by atoms with Gasteiger partial charge in [-0.1, -0.05) is 20.8 Å². The van der Waals surface area contributed by atoms with E-state index in [0.717, 1.165) is 24.7 Å². The van der Waals surface area contributed by atoms with Gasteiger partial charge in [0.05, 0.1) is 0 Å². The summed E-state index contributed by atoms with van der Waals surface area (Å²) in [5.74, 6) is 2.56. The third kappa shape index (κ3) is 1.07. The van der Waals surface area contributed by atoms with Crippen molar-refractivity contribution in [3.05, 3.63) is 0 Å². The molecule has 0 N–H and O–H groups in total. The molecule has 3 fully saturated rings. The van der Waals surface area contributed by atoms with Crippen molar-refractivity contribution in [3.8, 4) is 0 Å². The van der Waals surface area contributed by atoms with Gasteiger partial charge in [0.15, 0.2) is 0 Å². The standard InChI is InChI=1S/C14H22O/c1-9-4-5-10-6-12(15)11-7-13(2,3)8-14(9,10)11/h9-11H,4-8H2,1-3H3/t9-,10+,11+,14+/m1/s1. The van der Waals surface area contributed by atoms with Crippen molar-refractivity contribution in [3.63, 3.8) is 0 Å². The molecule has 1 spiro atoms. The molecule has 0 heterocycles. The smallest absolute Gasteiger partial charge is 0.136 e. The molecule has 3 rings (SSSR count). The highest BCUT2D eigenvalue weighted by Gasteiger charge is 2.65. The van der Waals surface area contributed by atoms with Gasteiger partial charge >= 0.3 is 0 Å². The van der Waals surface area contributed by atoms with Gasteiger partial charge in [-0.25, -0.2) is 0 Å². The molecule has 3 aliphatic carbocycles. The number of Topliss-reactive ketones (excluding diaryl/α,β-unsaturated/α-hetero) is 1. The van der Waals surface area contributed by atoms with Gasteiger partial charge < -0.3 is 0 Å². The first kappa shape index (κ1) is 9.86. The molecule has 0 amide bonds. The number of hydrogen-bond donors (Lipinski definition) is 0. The molecule has 1 heteroatoms. The Bertz CT molecular complexity index is 317. The zero-order valence-electron chi connectivity index (χ0n) is 10.2. The summed E-state index contributed by atoms with van der Waals surface area (Å²) in [5.41, 5.74) is 0.845. The molecule has 0 aliphatic heterocycles. The molecule has 0 saturated heterocycles. The molecule has 4 atom stereocenters. The van der Waals surface area contributed by atoms with Gasteiger partial charge in [0.25, 0.3) is 0 Å². The topological polar surface area (TPSA) is 17.1 Å². The fourth-order valence-electron chi connectivity index (χ4n) is 5.20. The van der Waals surface area contributed by atoms with E-state index in [4.69, 9.17) is 0 Å². The lowest BCUT2D eigenvalue weighted by molar-refractivity contribution is -0.122. The van der Waals surface area contributed by atoms with E-state index in [1.54, 1.807) is 0 Å². The molecule has 3 saturated carbocycles. The monoisotopic (exact) mass is 206 g/mol. The van der Waals surface area contributed by atoms with Gasteiger partial charge in [-0.05, 0) is 48.3 Å². The fourth-order valence-corrected chi connectivity index (χ4v) is 5.20. The molecular formula is C14H22O. The average Bonchev–Trinajstić information content (AvgIpc) is 2.65. The van der Waals surface area contributed by atoms with Gasteiger partial charge in [0.2, 0.25) is 0 Å². The Balaban J connectivity index is 2.05. The highest BCUT2D eigenvalue weighted by Crippen LogP contribution is 2.69. The molecule has 0 aromatic heterocycles. The van der Waals surface area contributed by atoms with Gasteiger partial charge in [-0.3, -0.25) is 4.79 Å². The van der Waals surface area contributed by atoms with E-state index in [1.807, 2.05) is 0 Å². The van der Waals surface area contributed by atoms with Crippen LogP contribution in [0.2, 0.25) is 0 Å². The van der Waals surface area contributed by atoms with E-state index in [-0.39, 0.29) is 0 Å². The second-order valence-corrected chi connectivity index (χ2v) is 7.06. The maximum atomic E-state index is 12.1. The van der Waals surface area contributed by atoms with Gasteiger partial charge in [0, 0.05) is 12.3 Å². The van der Waals surface area contributed by atoms with Crippen LogP contribution in [0.5, 0.6) is 0 Å². The maximum Gasteiger partial charge on any atom is 0.136 e. The summed E-state index contributed by atoms with van der Waals surface area (Å²) >= 11 is 0. The highest BCUT2D eigenvalue weighted by molar-refractivity contribution is 5.85. The zero-order valence-corrected chi connectivity index (χ0v) is 10.2. The Morgan fingerprint density at radius 3 is 2.73 bits per heavy atom. The first-order valence-corrected chi connectivity index (χ1v) is 6.48.